The van der Waals surface area contributed by atoms with E-state index in [2.05, 4.69) is 20.8 Å². The van der Waals surface area contributed by atoms with Crippen LogP contribution in [0.3, 0.4) is 0 Å². The van der Waals surface area contributed by atoms with E-state index in [1.165, 1.54) is 63.2 Å². The van der Waals surface area contributed by atoms with E-state index in [0.29, 0.717) is 0 Å². The summed E-state index contributed by atoms with van der Waals surface area (Å²) >= 11 is 0. The zero-order valence-corrected chi connectivity index (χ0v) is 16.2. The molecule has 1 aliphatic rings. The smallest absolute Gasteiger partial charge is 0.191 e. The van der Waals surface area contributed by atoms with E-state index in [4.69, 9.17) is 9.47 Å². The molecule has 0 aromatic carbocycles. The van der Waals surface area contributed by atoms with E-state index in [0.717, 1.165) is 13.2 Å². The minimum atomic E-state index is -0.845. The van der Waals surface area contributed by atoms with E-state index < -0.39 is 7.26 Å². The summed E-state index contributed by atoms with van der Waals surface area (Å²) in [7, 11) is -0.845. The van der Waals surface area contributed by atoms with Gasteiger partial charge in [-0.3, -0.25) is 0 Å². The molecule has 0 spiro atoms. The van der Waals surface area contributed by atoms with Gasteiger partial charge < -0.3 is 26.5 Å². The molecule has 0 N–H and O–H groups in total. The van der Waals surface area contributed by atoms with Gasteiger partial charge in [0.05, 0.1) is 31.7 Å². The Morgan fingerprint density at radius 2 is 1.20 bits per heavy atom. The topological polar surface area (TPSA) is 18.5 Å². The monoisotopic (exact) mass is 368 g/mol. The molecule has 122 valence electrons. The molecule has 2 nitrogen and oxygen atoms in total. The van der Waals surface area contributed by atoms with E-state index in [9.17, 15) is 0 Å². The lowest BCUT2D eigenvalue weighted by molar-refractivity contribution is -0.0227. The largest absolute Gasteiger partial charge is 1.00 e. The predicted molar refractivity (Wildman–Crippen MR) is 86.8 cm³/mol. The molecule has 0 amide bonds. The number of ether oxygens (including phenoxy) is 2. The fourth-order valence-electron chi connectivity index (χ4n) is 2.92. The van der Waals surface area contributed by atoms with Crippen LogP contribution >= 0.6 is 7.26 Å². The van der Waals surface area contributed by atoms with Crippen molar-refractivity contribution >= 4 is 7.26 Å². The minimum absolute atomic E-state index is 0. The van der Waals surface area contributed by atoms with Crippen LogP contribution < -0.4 is 17.0 Å². The van der Waals surface area contributed by atoms with Crippen LogP contribution in [0.1, 0.15) is 59.3 Å². The Morgan fingerprint density at radius 3 is 1.55 bits per heavy atom. The van der Waals surface area contributed by atoms with E-state index >= 15 is 0 Å². The van der Waals surface area contributed by atoms with Crippen molar-refractivity contribution in [2.24, 2.45) is 0 Å². The molecule has 0 aromatic rings. The van der Waals surface area contributed by atoms with Gasteiger partial charge in [0, 0.05) is 7.26 Å². The maximum atomic E-state index is 5.75. The molecule has 1 saturated heterocycles. The quantitative estimate of drug-likeness (QED) is 0.517. The van der Waals surface area contributed by atoms with E-state index in [-0.39, 0.29) is 23.3 Å². The Bertz CT molecular complexity index is 199. The second-order valence-electron chi connectivity index (χ2n) is 5.93. The molecule has 4 heteroatoms. The van der Waals surface area contributed by atoms with Gasteiger partial charge in [0.2, 0.25) is 0 Å². The highest BCUT2D eigenvalue weighted by Crippen LogP contribution is 2.61. The lowest BCUT2D eigenvalue weighted by Gasteiger charge is -2.29. The average molecular weight is 369 g/mol. The number of hydrogen-bond acceptors (Lipinski definition) is 2. The minimum Gasteiger partial charge on any atom is -1.00 e. The Labute approximate surface area is 137 Å². The third-order valence-corrected chi connectivity index (χ3v) is 9.05. The Morgan fingerprint density at radius 1 is 0.800 bits per heavy atom. The zero-order chi connectivity index (χ0) is 14.0. The standard InChI is InChI=1S/C16H34O2P.BrH/c1-4-7-12-19(13-8-5-2,14-9-6-3)15-16-17-10-11-18-16;/h16H,4-15H2,1-3H3;1H/q+1;/p-1. The van der Waals surface area contributed by atoms with Crippen molar-refractivity contribution in [2.45, 2.75) is 65.6 Å². The third-order valence-electron chi connectivity index (χ3n) is 4.19. The van der Waals surface area contributed by atoms with Crippen LogP contribution in [0, 0.1) is 0 Å². The van der Waals surface area contributed by atoms with Crippen LogP contribution in [0.5, 0.6) is 0 Å². The molecule has 0 unspecified atom stereocenters. The van der Waals surface area contributed by atoms with Gasteiger partial charge in [-0.25, -0.2) is 0 Å². The van der Waals surface area contributed by atoms with Crippen LogP contribution in [0.4, 0.5) is 0 Å². The number of halogens is 1. The van der Waals surface area contributed by atoms with Gasteiger partial charge in [-0.1, -0.05) is 40.0 Å². The van der Waals surface area contributed by atoms with Crippen molar-refractivity contribution < 1.29 is 26.5 Å². The molecule has 1 aliphatic heterocycles. The van der Waals surface area contributed by atoms with E-state index in [1.807, 2.05) is 0 Å². The SMILES string of the molecule is CCCC[P+](CCCC)(CCCC)CC1OCCO1.[Br-]. The maximum Gasteiger partial charge on any atom is 0.191 e. The Kier molecular flexibility index (Phi) is 12.9. The molecule has 0 aromatic heterocycles. The summed E-state index contributed by atoms with van der Waals surface area (Å²) in [5.41, 5.74) is 0. The summed E-state index contributed by atoms with van der Waals surface area (Å²) in [6.45, 7) is 8.56. The van der Waals surface area contributed by atoms with Crippen molar-refractivity contribution in [3.8, 4) is 0 Å². The van der Waals surface area contributed by atoms with Crippen molar-refractivity contribution in [1.82, 2.24) is 0 Å². The zero-order valence-electron chi connectivity index (χ0n) is 13.7. The molecule has 0 radical (unpaired) electrons. The average Bonchev–Trinajstić information content (AvgIpc) is 2.93. The highest BCUT2D eigenvalue weighted by molar-refractivity contribution is 7.75. The molecule has 0 saturated carbocycles. The summed E-state index contributed by atoms with van der Waals surface area (Å²) in [4.78, 5) is 0. The summed E-state index contributed by atoms with van der Waals surface area (Å²) in [6, 6.07) is 0. The molecule has 20 heavy (non-hydrogen) atoms. The molecule has 0 bridgehead atoms. The lowest BCUT2D eigenvalue weighted by Crippen LogP contribution is -3.00. The molecule has 1 heterocycles. The molecule has 0 atom stereocenters. The van der Waals surface area contributed by atoms with Crippen LogP contribution in [0.15, 0.2) is 0 Å². The molecule has 1 rings (SSSR count). The van der Waals surface area contributed by atoms with Gasteiger partial charge in [-0.2, -0.15) is 0 Å². The van der Waals surface area contributed by atoms with Gasteiger partial charge in [0.25, 0.3) is 0 Å². The highest BCUT2D eigenvalue weighted by atomic mass is 79.9. The van der Waals surface area contributed by atoms with Crippen molar-refractivity contribution in [3.63, 3.8) is 0 Å². The van der Waals surface area contributed by atoms with Crippen LogP contribution in [0.25, 0.3) is 0 Å². The van der Waals surface area contributed by atoms with Crippen LogP contribution in [-0.2, 0) is 9.47 Å². The molecular weight excluding hydrogens is 335 g/mol. The van der Waals surface area contributed by atoms with Crippen LogP contribution in [-0.4, -0.2) is 44.2 Å². The molecular formula is C16H34BrO2P. The van der Waals surface area contributed by atoms with Crippen LogP contribution in [0.2, 0.25) is 0 Å². The number of hydrogen-bond donors (Lipinski definition) is 0. The summed E-state index contributed by atoms with van der Waals surface area (Å²) in [5, 5.41) is 0. The normalized spacial score (nSPS) is 16.4. The Hall–Kier alpha value is 0.830. The van der Waals surface area contributed by atoms with Gasteiger partial charge in [0.1, 0.15) is 6.16 Å². The van der Waals surface area contributed by atoms with Gasteiger partial charge in [0.15, 0.2) is 6.29 Å². The fraction of sp³-hybridized carbons (Fsp3) is 1.00. The fourth-order valence-corrected chi connectivity index (χ4v) is 7.94. The lowest BCUT2D eigenvalue weighted by atomic mass is 10.4. The second-order valence-corrected chi connectivity index (χ2v) is 10.3. The first-order chi connectivity index (χ1) is 9.26. The van der Waals surface area contributed by atoms with Gasteiger partial charge in [-0.05, 0) is 19.3 Å². The predicted octanol–water partition coefficient (Wildman–Crippen LogP) is 1.78. The summed E-state index contributed by atoms with van der Waals surface area (Å²) in [6.07, 6.45) is 13.9. The third kappa shape index (κ3) is 7.73. The molecule has 0 aliphatic carbocycles. The highest BCUT2D eigenvalue weighted by Gasteiger charge is 2.39. The van der Waals surface area contributed by atoms with E-state index in [1.54, 1.807) is 0 Å². The summed E-state index contributed by atoms with van der Waals surface area (Å²) in [5.74, 6) is 0. The van der Waals surface area contributed by atoms with Crippen molar-refractivity contribution in [1.29, 1.82) is 0 Å². The van der Waals surface area contributed by atoms with Crippen molar-refractivity contribution in [2.75, 3.05) is 37.9 Å². The first-order valence-electron chi connectivity index (χ1n) is 8.34. The molecule has 1 fully saturated rings. The Balaban J connectivity index is 0.00000361. The van der Waals surface area contributed by atoms with Gasteiger partial charge in [-0.15, -0.1) is 0 Å². The summed E-state index contributed by atoms with van der Waals surface area (Å²) < 4.78 is 11.5. The van der Waals surface area contributed by atoms with Crippen molar-refractivity contribution in [3.05, 3.63) is 0 Å². The number of rotatable bonds is 11. The number of unbranched alkanes of at least 4 members (excludes halogenated alkanes) is 3. The van der Waals surface area contributed by atoms with Gasteiger partial charge >= 0.3 is 0 Å². The first kappa shape index (κ1) is 20.8. The first-order valence-corrected chi connectivity index (χ1v) is 10.9. The second kappa shape index (κ2) is 12.4. The maximum absolute atomic E-state index is 5.75.